The monoisotopic (exact) mass is 264 g/mol. The SMILES string of the molecule is Cl.Nc1ccc(N2CCCC23N2C=CN3C2)cc1. The van der Waals surface area contributed by atoms with Gasteiger partial charge in [-0.05, 0) is 30.7 Å². The van der Waals surface area contributed by atoms with E-state index in [9.17, 15) is 0 Å². The molecule has 2 bridgehead atoms. The van der Waals surface area contributed by atoms with E-state index in [0.717, 1.165) is 18.9 Å². The smallest absolute Gasteiger partial charge is 0.194 e. The summed E-state index contributed by atoms with van der Waals surface area (Å²) in [6.45, 7) is 2.17. The van der Waals surface area contributed by atoms with Crippen molar-refractivity contribution < 1.29 is 0 Å². The first-order valence-corrected chi connectivity index (χ1v) is 6.16. The van der Waals surface area contributed by atoms with Crippen molar-refractivity contribution in [3.63, 3.8) is 0 Å². The van der Waals surface area contributed by atoms with Gasteiger partial charge in [-0.2, -0.15) is 0 Å². The van der Waals surface area contributed by atoms with Gasteiger partial charge in [0.25, 0.3) is 0 Å². The molecule has 2 saturated heterocycles. The van der Waals surface area contributed by atoms with Crippen LogP contribution in [0.2, 0.25) is 0 Å². The highest BCUT2D eigenvalue weighted by Crippen LogP contribution is 2.48. The molecule has 0 radical (unpaired) electrons. The predicted molar refractivity (Wildman–Crippen MR) is 75.1 cm³/mol. The fraction of sp³-hybridized carbons (Fsp3) is 0.385. The Kier molecular flexibility index (Phi) is 2.38. The number of anilines is 2. The number of halogens is 1. The average molecular weight is 265 g/mol. The Morgan fingerprint density at radius 2 is 1.72 bits per heavy atom. The van der Waals surface area contributed by atoms with E-state index in [0.29, 0.717) is 0 Å². The number of hydrogen-bond acceptors (Lipinski definition) is 4. The third kappa shape index (κ3) is 1.21. The maximum Gasteiger partial charge on any atom is 0.194 e. The molecule has 1 spiro atoms. The van der Waals surface area contributed by atoms with E-state index in [-0.39, 0.29) is 18.2 Å². The van der Waals surface area contributed by atoms with Gasteiger partial charge in [-0.25, -0.2) is 0 Å². The summed E-state index contributed by atoms with van der Waals surface area (Å²) < 4.78 is 0. The van der Waals surface area contributed by atoms with Crippen LogP contribution in [-0.4, -0.2) is 28.8 Å². The van der Waals surface area contributed by atoms with Crippen molar-refractivity contribution in [2.45, 2.75) is 18.6 Å². The summed E-state index contributed by atoms with van der Waals surface area (Å²) in [7, 11) is 0. The van der Waals surface area contributed by atoms with Gasteiger partial charge >= 0.3 is 0 Å². The van der Waals surface area contributed by atoms with Crippen LogP contribution in [0.3, 0.4) is 0 Å². The number of benzene rings is 1. The minimum absolute atomic E-state index is 0. The molecule has 0 unspecified atom stereocenters. The third-order valence-electron chi connectivity index (χ3n) is 4.18. The first-order chi connectivity index (χ1) is 8.30. The summed E-state index contributed by atoms with van der Waals surface area (Å²) in [6, 6.07) is 8.23. The van der Waals surface area contributed by atoms with Gasteiger partial charge in [0.15, 0.2) is 5.79 Å². The summed E-state index contributed by atoms with van der Waals surface area (Å²) in [5.74, 6) is 0.107. The highest BCUT2D eigenvalue weighted by atomic mass is 35.5. The Hall–Kier alpha value is -1.55. The minimum atomic E-state index is 0. The lowest BCUT2D eigenvalue weighted by Gasteiger charge is -2.58. The van der Waals surface area contributed by atoms with E-state index in [2.05, 4.69) is 39.2 Å². The lowest BCUT2D eigenvalue weighted by atomic mass is 10.1. The van der Waals surface area contributed by atoms with Gasteiger partial charge in [0.2, 0.25) is 0 Å². The van der Waals surface area contributed by atoms with Crippen LogP contribution in [0.15, 0.2) is 36.7 Å². The van der Waals surface area contributed by atoms with Gasteiger partial charge < -0.3 is 20.4 Å². The van der Waals surface area contributed by atoms with E-state index in [1.54, 1.807) is 0 Å². The largest absolute Gasteiger partial charge is 0.399 e. The second kappa shape index (κ2) is 3.72. The molecule has 1 aromatic rings. The van der Waals surface area contributed by atoms with Crippen LogP contribution < -0.4 is 10.6 Å². The van der Waals surface area contributed by atoms with Gasteiger partial charge in [-0.3, -0.25) is 0 Å². The first-order valence-electron chi connectivity index (χ1n) is 6.16. The van der Waals surface area contributed by atoms with Gasteiger partial charge in [-0.1, -0.05) is 0 Å². The molecule has 2 N–H and O–H groups in total. The van der Waals surface area contributed by atoms with Crippen molar-refractivity contribution in [1.29, 1.82) is 0 Å². The van der Waals surface area contributed by atoms with Crippen LogP contribution >= 0.6 is 12.4 Å². The Bertz CT molecular complexity index is 472. The molecular weight excluding hydrogens is 248 g/mol. The number of nitrogens with zero attached hydrogens (tertiary/aromatic N) is 3. The van der Waals surface area contributed by atoms with Crippen LogP contribution in [0.5, 0.6) is 0 Å². The molecule has 5 rings (SSSR count). The molecular formula is C13H17ClN4. The normalized spacial score (nSPS) is 22.3. The quantitative estimate of drug-likeness (QED) is 0.787. The maximum atomic E-state index is 5.75. The average Bonchev–Trinajstić information content (AvgIpc) is 3.05. The Labute approximate surface area is 113 Å². The summed E-state index contributed by atoms with van der Waals surface area (Å²) >= 11 is 0. The van der Waals surface area contributed by atoms with E-state index in [4.69, 9.17) is 5.73 Å². The highest BCUT2D eigenvalue weighted by molar-refractivity contribution is 5.85. The lowest BCUT2D eigenvalue weighted by Crippen LogP contribution is -2.72. The Morgan fingerprint density at radius 1 is 1.06 bits per heavy atom. The summed E-state index contributed by atoms with van der Waals surface area (Å²) in [5.41, 5.74) is 7.86. The highest BCUT2D eigenvalue weighted by Gasteiger charge is 2.58. The number of nitrogen functional groups attached to an aromatic ring is 1. The van der Waals surface area contributed by atoms with Crippen LogP contribution in [0, 0.1) is 0 Å². The minimum Gasteiger partial charge on any atom is -0.399 e. The lowest BCUT2D eigenvalue weighted by molar-refractivity contribution is -0.0996. The molecule has 96 valence electrons. The number of nitrogens with two attached hydrogens (primary N) is 1. The fourth-order valence-corrected chi connectivity index (χ4v) is 3.35. The van der Waals surface area contributed by atoms with Gasteiger partial charge in [-0.15, -0.1) is 12.4 Å². The van der Waals surface area contributed by atoms with Crippen molar-refractivity contribution in [3.8, 4) is 0 Å². The molecule has 0 aromatic heterocycles. The molecule has 1 aromatic carbocycles. The van der Waals surface area contributed by atoms with Crippen LogP contribution in [0.25, 0.3) is 0 Å². The molecule has 0 amide bonds. The molecule has 0 saturated carbocycles. The van der Waals surface area contributed by atoms with Crippen molar-refractivity contribution in [3.05, 3.63) is 36.7 Å². The molecule has 2 fully saturated rings. The number of hydrogen-bond donors (Lipinski definition) is 1. The molecule has 4 nitrogen and oxygen atoms in total. The summed E-state index contributed by atoms with van der Waals surface area (Å²) in [5, 5.41) is 0. The van der Waals surface area contributed by atoms with Crippen molar-refractivity contribution in [1.82, 2.24) is 9.80 Å². The topological polar surface area (TPSA) is 35.7 Å². The van der Waals surface area contributed by atoms with E-state index in [1.807, 2.05) is 12.1 Å². The maximum absolute atomic E-state index is 5.75. The van der Waals surface area contributed by atoms with Crippen LogP contribution in [0.4, 0.5) is 11.4 Å². The first kappa shape index (κ1) is 11.5. The Morgan fingerprint density at radius 3 is 2.33 bits per heavy atom. The molecule has 0 aliphatic carbocycles. The zero-order valence-electron chi connectivity index (χ0n) is 10.1. The van der Waals surface area contributed by atoms with Crippen LogP contribution in [0.1, 0.15) is 12.8 Å². The second-order valence-corrected chi connectivity index (χ2v) is 5.00. The van der Waals surface area contributed by atoms with Crippen molar-refractivity contribution in [2.24, 2.45) is 0 Å². The number of rotatable bonds is 1. The molecule has 4 heterocycles. The van der Waals surface area contributed by atoms with E-state index < -0.39 is 0 Å². The zero-order valence-corrected chi connectivity index (χ0v) is 10.9. The van der Waals surface area contributed by atoms with E-state index in [1.165, 1.54) is 18.5 Å². The van der Waals surface area contributed by atoms with Crippen LogP contribution in [-0.2, 0) is 0 Å². The fourth-order valence-electron chi connectivity index (χ4n) is 3.35. The predicted octanol–water partition coefficient (Wildman–Crippen LogP) is 2.00. The third-order valence-corrected chi connectivity index (χ3v) is 4.18. The second-order valence-electron chi connectivity index (χ2n) is 5.00. The molecule has 4 aliphatic heterocycles. The van der Waals surface area contributed by atoms with Crippen molar-refractivity contribution in [2.75, 3.05) is 23.8 Å². The van der Waals surface area contributed by atoms with Gasteiger partial charge in [0.05, 0.1) is 6.67 Å². The molecule has 5 heteroatoms. The van der Waals surface area contributed by atoms with Crippen molar-refractivity contribution >= 4 is 23.8 Å². The summed E-state index contributed by atoms with van der Waals surface area (Å²) in [4.78, 5) is 7.35. The molecule has 0 atom stereocenters. The molecule has 4 aliphatic rings. The summed E-state index contributed by atoms with van der Waals surface area (Å²) in [6.07, 6.45) is 6.87. The molecule has 18 heavy (non-hydrogen) atoms. The Balaban J connectivity index is 0.000001000. The van der Waals surface area contributed by atoms with Gasteiger partial charge in [0.1, 0.15) is 0 Å². The zero-order chi connectivity index (χ0) is 11.5. The van der Waals surface area contributed by atoms with Gasteiger partial charge in [0, 0.05) is 36.7 Å². The van der Waals surface area contributed by atoms with E-state index >= 15 is 0 Å². The standard InChI is InChI=1S/C13H16N4.ClH/c14-11-2-4-12(5-3-11)17-7-1-6-13(17)15-8-9-16(13)10-15;/h2-5,8-9H,1,6-7,10,14H2;1H.